The highest BCUT2D eigenvalue weighted by molar-refractivity contribution is 7.98. The lowest BCUT2D eigenvalue weighted by molar-refractivity contribution is 0.0674. The zero-order chi connectivity index (χ0) is 20.3. The van der Waals surface area contributed by atoms with Gasteiger partial charge in [0.15, 0.2) is 20.7 Å². The van der Waals surface area contributed by atoms with Crippen LogP contribution in [0.2, 0.25) is 5.02 Å². The van der Waals surface area contributed by atoms with E-state index in [2.05, 4.69) is 9.97 Å². The van der Waals surface area contributed by atoms with E-state index in [-0.39, 0.29) is 28.8 Å². The number of sulfone groups is 1. The quantitative estimate of drug-likeness (QED) is 0.502. The number of thioether (sulfide) groups is 1. The molecule has 1 unspecified atom stereocenters. The first-order valence-electron chi connectivity index (χ1n) is 8.54. The number of amides is 1. The molecule has 1 atom stereocenters. The number of benzene rings is 1. The second-order valence-electron chi connectivity index (χ2n) is 6.39. The van der Waals surface area contributed by atoms with Crippen LogP contribution in [0.25, 0.3) is 0 Å². The van der Waals surface area contributed by atoms with Crippen LogP contribution in [-0.4, -0.2) is 60.1 Å². The Hall–Kier alpha value is -1.84. The molecule has 7 nitrogen and oxygen atoms in total. The standard InChI is InChI=1S/C18H20ClN3O4S2/c1-26-14-5-3-12(4-6-14)10-22(13-7-8-28(24,25)11-13)17(23)16-15(19)9-20-18(21-16)27-2/h3-6,9,13H,7-8,10-11H2,1-2H3. The average molecular weight is 442 g/mol. The largest absolute Gasteiger partial charge is 0.497 e. The van der Waals surface area contributed by atoms with E-state index in [9.17, 15) is 13.2 Å². The third-order valence-electron chi connectivity index (χ3n) is 4.53. The minimum atomic E-state index is -3.17. The number of nitrogens with zero attached hydrogens (tertiary/aromatic N) is 3. The van der Waals surface area contributed by atoms with Crippen LogP contribution in [0, 0.1) is 0 Å². The van der Waals surface area contributed by atoms with Crippen LogP contribution in [0.15, 0.2) is 35.6 Å². The summed E-state index contributed by atoms with van der Waals surface area (Å²) in [4.78, 5) is 23.1. The van der Waals surface area contributed by atoms with Gasteiger partial charge in [-0.1, -0.05) is 35.5 Å². The van der Waals surface area contributed by atoms with Gasteiger partial charge < -0.3 is 9.64 Å². The molecular weight excluding hydrogens is 422 g/mol. The zero-order valence-electron chi connectivity index (χ0n) is 15.5. The highest BCUT2D eigenvalue weighted by atomic mass is 35.5. The van der Waals surface area contributed by atoms with Gasteiger partial charge in [0, 0.05) is 12.6 Å². The summed E-state index contributed by atoms with van der Waals surface area (Å²) in [5.41, 5.74) is 0.938. The third-order valence-corrected chi connectivity index (χ3v) is 7.12. The van der Waals surface area contributed by atoms with Crippen LogP contribution in [0.1, 0.15) is 22.5 Å². The van der Waals surface area contributed by atoms with Crippen molar-refractivity contribution in [1.82, 2.24) is 14.9 Å². The maximum absolute atomic E-state index is 13.3. The van der Waals surface area contributed by atoms with E-state index >= 15 is 0 Å². The second kappa shape index (κ2) is 8.67. The molecule has 0 radical (unpaired) electrons. The van der Waals surface area contributed by atoms with Gasteiger partial charge in [-0.3, -0.25) is 4.79 Å². The van der Waals surface area contributed by atoms with Gasteiger partial charge in [0.05, 0.1) is 29.8 Å². The topological polar surface area (TPSA) is 89.5 Å². The van der Waals surface area contributed by atoms with Crippen molar-refractivity contribution in [3.63, 3.8) is 0 Å². The first-order chi connectivity index (χ1) is 13.3. The molecule has 10 heteroatoms. The summed E-state index contributed by atoms with van der Waals surface area (Å²) in [5, 5.41) is 0.569. The zero-order valence-corrected chi connectivity index (χ0v) is 17.9. The minimum Gasteiger partial charge on any atom is -0.497 e. The van der Waals surface area contributed by atoms with Crippen molar-refractivity contribution in [2.45, 2.75) is 24.2 Å². The minimum absolute atomic E-state index is 0.0625. The number of halogens is 1. The Kier molecular flexibility index (Phi) is 6.47. The molecule has 1 aliphatic rings. The number of hydrogen-bond donors (Lipinski definition) is 0. The van der Waals surface area contributed by atoms with Crippen molar-refractivity contribution in [2.24, 2.45) is 0 Å². The van der Waals surface area contributed by atoms with Gasteiger partial charge in [-0.15, -0.1) is 0 Å². The van der Waals surface area contributed by atoms with E-state index in [0.717, 1.165) is 5.56 Å². The van der Waals surface area contributed by atoms with E-state index in [1.165, 1.54) is 18.0 Å². The Labute approximate surface area is 173 Å². The summed E-state index contributed by atoms with van der Waals surface area (Å²) in [7, 11) is -1.59. The lowest BCUT2D eigenvalue weighted by Crippen LogP contribution is -2.41. The first kappa shape index (κ1) is 20.9. The molecule has 2 aromatic rings. The molecule has 1 aromatic heterocycles. The van der Waals surface area contributed by atoms with Crippen LogP contribution >= 0.6 is 23.4 Å². The van der Waals surface area contributed by atoms with Gasteiger partial charge in [-0.2, -0.15) is 0 Å². The summed E-state index contributed by atoms with van der Waals surface area (Å²) < 4.78 is 29.2. The van der Waals surface area contributed by atoms with E-state index in [1.807, 2.05) is 12.1 Å². The summed E-state index contributed by atoms with van der Waals surface area (Å²) in [6.45, 7) is 0.248. The van der Waals surface area contributed by atoms with Crippen LogP contribution in [0.4, 0.5) is 0 Å². The molecule has 1 fully saturated rings. The monoisotopic (exact) mass is 441 g/mol. The number of rotatable bonds is 6. The molecule has 150 valence electrons. The summed E-state index contributed by atoms with van der Waals surface area (Å²) >= 11 is 7.48. The SMILES string of the molecule is COc1ccc(CN(C(=O)c2nc(SC)ncc2Cl)C2CCS(=O)(=O)C2)cc1. The van der Waals surface area contributed by atoms with Crippen molar-refractivity contribution in [3.8, 4) is 5.75 Å². The predicted molar refractivity (Wildman–Crippen MR) is 109 cm³/mol. The van der Waals surface area contributed by atoms with Crippen molar-refractivity contribution in [1.29, 1.82) is 0 Å². The number of aromatic nitrogens is 2. The van der Waals surface area contributed by atoms with Crippen molar-refractivity contribution < 1.29 is 17.9 Å². The van der Waals surface area contributed by atoms with E-state index < -0.39 is 21.8 Å². The number of carbonyl (C=O) groups is 1. The molecular formula is C18H20ClN3O4S2. The molecule has 0 aliphatic carbocycles. The highest BCUT2D eigenvalue weighted by Crippen LogP contribution is 2.25. The van der Waals surface area contributed by atoms with Gasteiger partial charge >= 0.3 is 0 Å². The molecule has 0 bridgehead atoms. The first-order valence-corrected chi connectivity index (χ1v) is 12.0. The molecule has 2 heterocycles. The van der Waals surface area contributed by atoms with Crippen molar-refractivity contribution in [3.05, 3.63) is 46.7 Å². The molecule has 0 N–H and O–H groups in total. The fourth-order valence-corrected chi connectivity index (χ4v) is 5.29. The van der Waals surface area contributed by atoms with Gasteiger partial charge in [0.1, 0.15) is 5.75 Å². The van der Waals surface area contributed by atoms with Gasteiger partial charge in [0.25, 0.3) is 5.91 Å². The molecule has 1 amide bonds. The Bertz CT molecular complexity index is 967. The fourth-order valence-electron chi connectivity index (χ4n) is 3.05. The van der Waals surface area contributed by atoms with Gasteiger partial charge in [0.2, 0.25) is 0 Å². The average Bonchev–Trinajstić information content (AvgIpc) is 3.06. The summed E-state index contributed by atoms with van der Waals surface area (Å²) in [6.07, 6.45) is 3.59. The Morgan fingerprint density at radius 2 is 2.07 bits per heavy atom. The van der Waals surface area contributed by atoms with Gasteiger partial charge in [-0.25, -0.2) is 18.4 Å². The molecule has 28 heavy (non-hydrogen) atoms. The van der Waals surface area contributed by atoms with Crippen LogP contribution in [-0.2, 0) is 16.4 Å². The lowest BCUT2D eigenvalue weighted by Gasteiger charge is -2.28. The molecule has 1 aromatic carbocycles. The Morgan fingerprint density at radius 1 is 1.36 bits per heavy atom. The lowest BCUT2D eigenvalue weighted by atomic mass is 10.1. The molecule has 3 rings (SSSR count). The van der Waals surface area contributed by atoms with Gasteiger partial charge in [-0.05, 0) is 30.4 Å². The van der Waals surface area contributed by atoms with Crippen molar-refractivity contribution in [2.75, 3.05) is 24.9 Å². The van der Waals surface area contributed by atoms with Crippen LogP contribution in [0.5, 0.6) is 5.75 Å². The molecule has 0 saturated carbocycles. The second-order valence-corrected chi connectivity index (χ2v) is 9.80. The fraction of sp³-hybridized carbons (Fsp3) is 0.389. The normalized spacial score (nSPS) is 18.0. The number of methoxy groups -OCH3 is 1. The summed E-state index contributed by atoms with van der Waals surface area (Å²) in [5.74, 6) is 0.305. The summed E-state index contributed by atoms with van der Waals surface area (Å²) in [6, 6.07) is 6.86. The molecule has 1 aliphatic heterocycles. The molecule has 0 spiro atoms. The number of hydrogen-bond acceptors (Lipinski definition) is 7. The number of ether oxygens (including phenoxy) is 1. The molecule has 1 saturated heterocycles. The Balaban J connectivity index is 1.94. The van der Waals surface area contributed by atoms with E-state index in [1.54, 1.807) is 30.4 Å². The van der Waals surface area contributed by atoms with Crippen LogP contribution < -0.4 is 4.74 Å². The maximum atomic E-state index is 13.3. The number of carbonyl (C=O) groups excluding carboxylic acids is 1. The third kappa shape index (κ3) is 4.76. The Morgan fingerprint density at radius 3 is 2.64 bits per heavy atom. The van der Waals surface area contributed by atoms with E-state index in [0.29, 0.717) is 17.3 Å². The highest BCUT2D eigenvalue weighted by Gasteiger charge is 2.36. The van der Waals surface area contributed by atoms with Crippen LogP contribution in [0.3, 0.4) is 0 Å². The maximum Gasteiger partial charge on any atom is 0.274 e. The van der Waals surface area contributed by atoms with Crippen molar-refractivity contribution >= 4 is 39.1 Å². The van der Waals surface area contributed by atoms with E-state index in [4.69, 9.17) is 16.3 Å². The smallest absolute Gasteiger partial charge is 0.274 e. The predicted octanol–water partition coefficient (Wildman–Crippen LogP) is 2.69.